The lowest BCUT2D eigenvalue weighted by Crippen LogP contribution is -2.32. The van der Waals surface area contributed by atoms with Gasteiger partial charge >= 0.3 is 5.97 Å². The molecule has 1 aromatic rings. The maximum absolute atomic E-state index is 11.6. The monoisotopic (exact) mass is 263 g/mol. The van der Waals surface area contributed by atoms with Gasteiger partial charge in [0.05, 0.1) is 5.56 Å². The van der Waals surface area contributed by atoms with Crippen molar-refractivity contribution in [3.63, 3.8) is 0 Å². The molecule has 104 valence electrons. The number of carbonyl (C=O) groups excluding carboxylic acids is 1. The van der Waals surface area contributed by atoms with Crippen molar-refractivity contribution in [3.05, 3.63) is 35.4 Å². The first kappa shape index (κ1) is 15.2. The van der Waals surface area contributed by atoms with Crippen LogP contribution in [0.3, 0.4) is 0 Å². The van der Waals surface area contributed by atoms with Gasteiger partial charge in [0.15, 0.2) is 0 Å². The Labute approximate surface area is 113 Å². The molecule has 4 heteroatoms. The van der Waals surface area contributed by atoms with E-state index in [2.05, 4.69) is 26.1 Å². The fraction of sp³-hybridized carbons (Fsp3) is 0.467. The Morgan fingerprint density at radius 1 is 1.16 bits per heavy atom. The van der Waals surface area contributed by atoms with Crippen LogP contribution in [-0.2, 0) is 11.2 Å². The Bertz CT molecular complexity index is 443. The van der Waals surface area contributed by atoms with E-state index in [1.807, 2.05) is 0 Å². The Morgan fingerprint density at radius 3 is 2.21 bits per heavy atom. The van der Waals surface area contributed by atoms with Crippen LogP contribution < -0.4 is 5.32 Å². The molecule has 0 aliphatic heterocycles. The van der Waals surface area contributed by atoms with Gasteiger partial charge in [-0.05, 0) is 29.5 Å². The average molecular weight is 263 g/mol. The smallest absolute Gasteiger partial charge is 0.335 e. The highest BCUT2D eigenvalue weighted by molar-refractivity contribution is 5.87. The number of rotatable bonds is 5. The van der Waals surface area contributed by atoms with Crippen molar-refractivity contribution in [1.29, 1.82) is 0 Å². The number of carboxylic acids is 1. The number of nitrogens with one attached hydrogen (secondary N) is 1. The van der Waals surface area contributed by atoms with E-state index in [-0.39, 0.29) is 16.9 Å². The second-order valence-electron chi connectivity index (χ2n) is 5.84. The lowest BCUT2D eigenvalue weighted by molar-refractivity contribution is -0.121. The Hall–Kier alpha value is -1.84. The van der Waals surface area contributed by atoms with E-state index in [1.165, 1.54) is 0 Å². The first-order chi connectivity index (χ1) is 8.78. The lowest BCUT2D eigenvalue weighted by Gasteiger charge is -2.18. The van der Waals surface area contributed by atoms with Crippen LogP contribution in [0.15, 0.2) is 24.3 Å². The van der Waals surface area contributed by atoms with Crippen LogP contribution in [-0.4, -0.2) is 23.5 Å². The van der Waals surface area contributed by atoms with Crippen molar-refractivity contribution < 1.29 is 14.7 Å². The van der Waals surface area contributed by atoms with Crippen molar-refractivity contribution in [2.45, 2.75) is 33.6 Å². The summed E-state index contributed by atoms with van der Waals surface area (Å²) in [7, 11) is 0. The van der Waals surface area contributed by atoms with Crippen LogP contribution >= 0.6 is 0 Å². The zero-order valence-electron chi connectivity index (χ0n) is 11.7. The SMILES string of the molecule is CC(C)(C)CNC(=O)CCc1ccc(C(=O)O)cc1. The molecular weight excluding hydrogens is 242 g/mol. The van der Waals surface area contributed by atoms with Crippen LogP contribution in [0.1, 0.15) is 43.1 Å². The van der Waals surface area contributed by atoms with E-state index < -0.39 is 5.97 Å². The summed E-state index contributed by atoms with van der Waals surface area (Å²) in [6.07, 6.45) is 1.04. The molecule has 0 saturated carbocycles. The number of benzene rings is 1. The predicted octanol–water partition coefficient (Wildman–Crippen LogP) is 2.48. The van der Waals surface area contributed by atoms with Gasteiger partial charge in [-0.2, -0.15) is 0 Å². The molecule has 0 aromatic heterocycles. The largest absolute Gasteiger partial charge is 0.478 e. The number of amides is 1. The number of aryl methyl sites for hydroxylation is 1. The third-order valence-electron chi connectivity index (χ3n) is 2.66. The number of hydrogen-bond acceptors (Lipinski definition) is 2. The highest BCUT2D eigenvalue weighted by Gasteiger charge is 2.11. The molecule has 1 aromatic carbocycles. The van der Waals surface area contributed by atoms with E-state index in [0.29, 0.717) is 19.4 Å². The van der Waals surface area contributed by atoms with E-state index >= 15 is 0 Å². The summed E-state index contributed by atoms with van der Waals surface area (Å²) >= 11 is 0. The first-order valence-corrected chi connectivity index (χ1v) is 6.37. The highest BCUT2D eigenvalue weighted by Crippen LogP contribution is 2.11. The first-order valence-electron chi connectivity index (χ1n) is 6.37. The molecule has 0 bridgehead atoms. The molecule has 19 heavy (non-hydrogen) atoms. The van der Waals surface area contributed by atoms with Gasteiger partial charge in [-0.15, -0.1) is 0 Å². The van der Waals surface area contributed by atoms with Gasteiger partial charge in [0.2, 0.25) is 5.91 Å². The molecular formula is C15H21NO3. The average Bonchev–Trinajstić information content (AvgIpc) is 2.33. The van der Waals surface area contributed by atoms with Crippen molar-refractivity contribution in [2.75, 3.05) is 6.54 Å². The van der Waals surface area contributed by atoms with Crippen molar-refractivity contribution in [1.82, 2.24) is 5.32 Å². The maximum atomic E-state index is 11.6. The van der Waals surface area contributed by atoms with Gasteiger partial charge in [0, 0.05) is 13.0 Å². The van der Waals surface area contributed by atoms with Crippen molar-refractivity contribution >= 4 is 11.9 Å². The minimum Gasteiger partial charge on any atom is -0.478 e. The summed E-state index contributed by atoms with van der Waals surface area (Å²) in [5.41, 5.74) is 1.32. The zero-order chi connectivity index (χ0) is 14.5. The molecule has 0 aliphatic carbocycles. The van der Waals surface area contributed by atoms with Gasteiger partial charge in [0.25, 0.3) is 0 Å². The van der Waals surface area contributed by atoms with Crippen molar-refractivity contribution in [3.8, 4) is 0 Å². The molecule has 4 nitrogen and oxygen atoms in total. The summed E-state index contributed by atoms with van der Waals surface area (Å²) in [6, 6.07) is 6.62. The summed E-state index contributed by atoms with van der Waals surface area (Å²) in [4.78, 5) is 22.3. The Kier molecular flexibility index (Phi) is 5.10. The van der Waals surface area contributed by atoms with Gasteiger partial charge in [-0.3, -0.25) is 4.79 Å². The molecule has 1 amide bonds. The van der Waals surface area contributed by atoms with Crippen LogP contribution in [0.4, 0.5) is 0 Å². The number of carboxylic acid groups (broad SMARTS) is 1. The topological polar surface area (TPSA) is 66.4 Å². The minimum atomic E-state index is -0.936. The van der Waals surface area contributed by atoms with Crippen LogP contribution in [0.2, 0.25) is 0 Å². The quantitative estimate of drug-likeness (QED) is 0.857. The van der Waals surface area contributed by atoms with Crippen LogP contribution in [0.5, 0.6) is 0 Å². The second-order valence-corrected chi connectivity index (χ2v) is 5.84. The highest BCUT2D eigenvalue weighted by atomic mass is 16.4. The zero-order valence-corrected chi connectivity index (χ0v) is 11.7. The molecule has 0 spiro atoms. The van der Waals surface area contributed by atoms with Gasteiger partial charge < -0.3 is 10.4 Å². The number of aromatic carboxylic acids is 1. The molecule has 0 fully saturated rings. The predicted molar refractivity (Wildman–Crippen MR) is 74.2 cm³/mol. The molecule has 1 rings (SSSR count). The molecule has 0 unspecified atom stereocenters. The normalized spacial score (nSPS) is 11.1. The maximum Gasteiger partial charge on any atom is 0.335 e. The van der Waals surface area contributed by atoms with Crippen molar-refractivity contribution in [2.24, 2.45) is 5.41 Å². The van der Waals surface area contributed by atoms with Gasteiger partial charge in [0.1, 0.15) is 0 Å². The van der Waals surface area contributed by atoms with E-state index in [9.17, 15) is 9.59 Å². The van der Waals surface area contributed by atoms with Gasteiger partial charge in [-0.1, -0.05) is 32.9 Å². The third kappa shape index (κ3) is 6.04. The van der Waals surface area contributed by atoms with E-state index in [0.717, 1.165) is 5.56 Å². The Morgan fingerprint density at radius 2 is 1.74 bits per heavy atom. The van der Waals surface area contributed by atoms with Crippen LogP contribution in [0, 0.1) is 5.41 Å². The summed E-state index contributed by atoms with van der Waals surface area (Å²) in [5.74, 6) is -0.910. The minimum absolute atomic E-state index is 0.0252. The second kappa shape index (κ2) is 6.36. The van der Waals surface area contributed by atoms with Crippen LogP contribution in [0.25, 0.3) is 0 Å². The summed E-state index contributed by atoms with van der Waals surface area (Å²) in [5, 5.41) is 11.7. The summed E-state index contributed by atoms with van der Waals surface area (Å²) < 4.78 is 0. The summed E-state index contributed by atoms with van der Waals surface area (Å²) in [6.45, 7) is 6.86. The van der Waals surface area contributed by atoms with E-state index in [1.54, 1.807) is 24.3 Å². The Balaban J connectivity index is 2.40. The lowest BCUT2D eigenvalue weighted by atomic mass is 9.97. The molecule has 0 radical (unpaired) electrons. The molecule has 0 heterocycles. The fourth-order valence-corrected chi connectivity index (χ4v) is 1.52. The molecule has 2 N–H and O–H groups in total. The third-order valence-corrected chi connectivity index (χ3v) is 2.66. The number of hydrogen-bond donors (Lipinski definition) is 2. The molecule has 0 aliphatic rings. The molecule has 0 atom stereocenters. The number of carbonyl (C=O) groups is 2. The standard InChI is InChI=1S/C15H21NO3/c1-15(2,3)10-16-13(17)9-6-11-4-7-12(8-5-11)14(18)19/h4-5,7-8H,6,9-10H2,1-3H3,(H,16,17)(H,18,19). The van der Waals surface area contributed by atoms with Gasteiger partial charge in [-0.25, -0.2) is 4.79 Å². The molecule has 0 saturated heterocycles. The van der Waals surface area contributed by atoms with E-state index in [4.69, 9.17) is 5.11 Å². The fourth-order valence-electron chi connectivity index (χ4n) is 1.52.